The average Bonchev–Trinajstić information content (AvgIpc) is 2.83. The molecule has 0 bridgehead atoms. The number of alkyl halides is 2. The molecule has 0 fully saturated rings. The molecule has 0 aliphatic heterocycles. The van der Waals surface area contributed by atoms with Gasteiger partial charge >= 0.3 is 0 Å². The summed E-state index contributed by atoms with van der Waals surface area (Å²) in [7, 11) is 0. The number of fused-ring (bicyclic) bond motifs is 1. The van der Waals surface area contributed by atoms with Gasteiger partial charge in [-0.05, 0) is 19.4 Å². The van der Waals surface area contributed by atoms with Crippen molar-refractivity contribution >= 4 is 34.1 Å². The highest BCUT2D eigenvalue weighted by Gasteiger charge is 2.29. The Morgan fingerprint density at radius 2 is 1.84 bits per heavy atom. The van der Waals surface area contributed by atoms with Crippen LogP contribution in [0.4, 0.5) is 0 Å². The molecule has 104 valence electrons. The molecule has 0 aliphatic carbocycles. The van der Waals surface area contributed by atoms with Crippen molar-refractivity contribution in [3.05, 3.63) is 30.0 Å². The standard InChI is InChI=1S/C15H20Cl2N2/c1-3-15(10-16,11-17)9-13-12-7-5-6-8-14(12)19(4-2)18-13/h5-8H,3-4,9-11H2,1-2H3. The Morgan fingerprint density at radius 1 is 1.16 bits per heavy atom. The zero-order chi connectivity index (χ0) is 13.9. The van der Waals surface area contributed by atoms with E-state index in [9.17, 15) is 0 Å². The lowest BCUT2D eigenvalue weighted by Crippen LogP contribution is -2.27. The second-order valence-corrected chi connectivity index (χ2v) is 5.61. The van der Waals surface area contributed by atoms with Crippen molar-refractivity contribution < 1.29 is 0 Å². The topological polar surface area (TPSA) is 17.8 Å². The number of aromatic nitrogens is 2. The summed E-state index contributed by atoms with van der Waals surface area (Å²) >= 11 is 12.3. The van der Waals surface area contributed by atoms with Gasteiger partial charge in [0.15, 0.2) is 0 Å². The van der Waals surface area contributed by atoms with Crippen LogP contribution in [-0.2, 0) is 13.0 Å². The maximum absolute atomic E-state index is 6.15. The smallest absolute Gasteiger partial charge is 0.0709 e. The van der Waals surface area contributed by atoms with E-state index in [0.717, 1.165) is 25.1 Å². The van der Waals surface area contributed by atoms with Gasteiger partial charge in [-0.25, -0.2) is 0 Å². The van der Waals surface area contributed by atoms with Gasteiger partial charge in [-0.1, -0.05) is 25.1 Å². The quantitative estimate of drug-likeness (QED) is 0.719. The van der Waals surface area contributed by atoms with Gasteiger partial charge in [0.1, 0.15) is 0 Å². The van der Waals surface area contributed by atoms with Crippen molar-refractivity contribution in [1.82, 2.24) is 9.78 Å². The van der Waals surface area contributed by atoms with E-state index in [0.29, 0.717) is 11.8 Å². The van der Waals surface area contributed by atoms with Gasteiger partial charge in [-0.15, -0.1) is 23.2 Å². The highest BCUT2D eigenvalue weighted by atomic mass is 35.5. The molecule has 0 spiro atoms. The van der Waals surface area contributed by atoms with E-state index in [1.54, 1.807) is 0 Å². The molecule has 0 radical (unpaired) electrons. The van der Waals surface area contributed by atoms with Crippen molar-refractivity contribution in [1.29, 1.82) is 0 Å². The minimum Gasteiger partial charge on any atom is -0.265 e. The van der Waals surface area contributed by atoms with Crippen LogP contribution in [0.1, 0.15) is 26.0 Å². The zero-order valence-electron chi connectivity index (χ0n) is 11.5. The number of hydrogen-bond donors (Lipinski definition) is 0. The molecule has 2 rings (SSSR count). The molecule has 0 N–H and O–H groups in total. The number of nitrogens with zero attached hydrogens (tertiary/aromatic N) is 2. The van der Waals surface area contributed by atoms with Gasteiger partial charge < -0.3 is 0 Å². The molecular formula is C15H20Cl2N2. The average molecular weight is 299 g/mol. The first-order valence-corrected chi connectivity index (χ1v) is 7.83. The Kier molecular flexibility index (Phi) is 4.75. The van der Waals surface area contributed by atoms with E-state index >= 15 is 0 Å². The van der Waals surface area contributed by atoms with E-state index in [2.05, 4.69) is 38.1 Å². The Balaban J connectivity index is 2.45. The van der Waals surface area contributed by atoms with Crippen LogP contribution in [0.5, 0.6) is 0 Å². The molecule has 0 saturated heterocycles. The summed E-state index contributed by atoms with van der Waals surface area (Å²) < 4.78 is 2.05. The minimum absolute atomic E-state index is 0.0567. The molecule has 0 unspecified atom stereocenters. The molecule has 1 aromatic heterocycles. The third-order valence-electron chi connectivity index (χ3n) is 3.89. The molecule has 2 nitrogen and oxygen atoms in total. The summed E-state index contributed by atoms with van der Waals surface area (Å²) in [6, 6.07) is 8.36. The number of rotatable bonds is 6. The Morgan fingerprint density at radius 3 is 2.42 bits per heavy atom. The van der Waals surface area contributed by atoms with Gasteiger partial charge in [0.2, 0.25) is 0 Å². The van der Waals surface area contributed by atoms with Gasteiger partial charge in [0.25, 0.3) is 0 Å². The predicted molar refractivity (Wildman–Crippen MR) is 83.3 cm³/mol. The van der Waals surface area contributed by atoms with Gasteiger partial charge in [0, 0.05) is 35.5 Å². The fourth-order valence-corrected chi connectivity index (χ4v) is 3.22. The lowest BCUT2D eigenvalue weighted by molar-refractivity contribution is 0.357. The van der Waals surface area contributed by atoms with E-state index < -0.39 is 0 Å². The third kappa shape index (κ3) is 2.75. The second-order valence-electron chi connectivity index (χ2n) is 5.08. The molecule has 19 heavy (non-hydrogen) atoms. The molecule has 1 aromatic carbocycles. The largest absolute Gasteiger partial charge is 0.265 e. The van der Waals surface area contributed by atoms with Crippen LogP contribution in [-0.4, -0.2) is 21.5 Å². The summed E-state index contributed by atoms with van der Waals surface area (Å²) in [4.78, 5) is 0. The van der Waals surface area contributed by atoms with Crippen LogP contribution in [0.3, 0.4) is 0 Å². The van der Waals surface area contributed by atoms with Crippen molar-refractivity contribution in [3.63, 3.8) is 0 Å². The van der Waals surface area contributed by atoms with Crippen LogP contribution < -0.4 is 0 Å². The molecule has 4 heteroatoms. The first-order valence-electron chi connectivity index (χ1n) is 6.76. The highest BCUT2D eigenvalue weighted by Crippen LogP contribution is 2.32. The Labute approximate surface area is 124 Å². The predicted octanol–water partition coefficient (Wildman–Crippen LogP) is 4.47. The lowest BCUT2D eigenvalue weighted by atomic mass is 9.84. The van der Waals surface area contributed by atoms with E-state index in [-0.39, 0.29) is 5.41 Å². The van der Waals surface area contributed by atoms with Crippen LogP contribution in [0.15, 0.2) is 24.3 Å². The summed E-state index contributed by atoms with van der Waals surface area (Å²) in [6.07, 6.45) is 1.80. The molecule has 0 atom stereocenters. The van der Waals surface area contributed by atoms with Crippen LogP contribution in [0, 0.1) is 5.41 Å². The Hall–Kier alpha value is -0.730. The number of benzene rings is 1. The Bertz CT molecular complexity index is 536. The number of halogens is 2. The molecule has 0 saturated carbocycles. The SMILES string of the molecule is CCn1nc(CC(CC)(CCl)CCl)c2ccccc21. The molecule has 0 aliphatic rings. The first-order chi connectivity index (χ1) is 9.19. The zero-order valence-corrected chi connectivity index (χ0v) is 13.0. The number of hydrogen-bond acceptors (Lipinski definition) is 1. The fourth-order valence-electron chi connectivity index (χ4n) is 2.37. The van der Waals surface area contributed by atoms with Crippen molar-refractivity contribution in [2.45, 2.75) is 33.2 Å². The monoisotopic (exact) mass is 298 g/mol. The summed E-state index contributed by atoms with van der Waals surface area (Å²) in [5, 5.41) is 5.96. The van der Waals surface area contributed by atoms with Crippen LogP contribution in [0.2, 0.25) is 0 Å². The maximum Gasteiger partial charge on any atom is 0.0709 e. The van der Waals surface area contributed by atoms with Gasteiger partial charge in [0.05, 0.1) is 11.2 Å². The molecule has 1 heterocycles. The van der Waals surface area contributed by atoms with Crippen LogP contribution in [0.25, 0.3) is 10.9 Å². The van der Waals surface area contributed by atoms with Crippen molar-refractivity contribution in [2.75, 3.05) is 11.8 Å². The highest BCUT2D eigenvalue weighted by molar-refractivity contribution is 6.21. The van der Waals surface area contributed by atoms with E-state index in [4.69, 9.17) is 28.3 Å². The minimum atomic E-state index is -0.0567. The lowest BCUT2D eigenvalue weighted by Gasteiger charge is -2.27. The first kappa shape index (κ1) is 14.7. The summed E-state index contributed by atoms with van der Waals surface area (Å²) in [5.74, 6) is 1.14. The number of para-hydroxylation sites is 1. The second kappa shape index (κ2) is 6.15. The van der Waals surface area contributed by atoms with Crippen molar-refractivity contribution in [3.8, 4) is 0 Å². The summed E-state index contributed by atoms with van der Waals surface area (Å²) in [6.45, 7) is 5.13. The fraction of sp³-hybridized carbons (Fsp3) is 0.533. The molecular weight excluding hydrogens is 279 g/mol. The van der Waals surface area contributed by atoms with Crippen LogP contribution >= 0.6 is 23.2 Å². The normalized spacial score (nSPS) is 12.2. The number of aryl methyl sites for hydroxylation is 1. The third-order valence-corrected chi connectivity index (χ3v) is 5.03. The summed E-state index contributed by atoms with van der Waals surface area (Å²) in [5.41, 5.74) is 2.24. The maximum atomic E-state index is 6.15. The van der Waals surface area contributed by atoms with E-state index in [1.807, 2.05) is 4.68 Å². The van der Waals surface area contributed by atoms with Gasteiger partial charge in [-0.3, -0.25) is 4.68 Å². The van der Waals surface area contributed by atoms with Gasteiger partial charge in [-0.2, -0.15) is 5.10 Å². The molecule has 0 amide bonds. The molecule has 2 aromatic rings. The van der Waals surface area contributed by atoms with Crippen molar-refractivity contribution in [2.24, 2.45) is 5.41 Å². The van der Waals surface area contributed by atoms with E-state index in [1.165, 1.54) is 10.9 Å².